The molecule has 0 bridgehead atoms. The van der Waals surface area contributed by atoms with Crippen LogP contribution >= 0.6 is 27.7 Å². The van der Waals surface area contributed by atoms with Gasteiger partial charge in [0.05, 0.1) is 32.8 Å². The maximum Gasteiger partial charge on any atom is 0.238 e. The van der Waals surface area contributed by atoms with Gasteiger partial charge in [-0.3, -0.25) is 9.69 Å². The summed E-state index contributed by atoms with van der Waals surface area (Å²) in [6.07, 6.45) is 0. The predicted molar refractivity (Wildman–Crippen MR) is 103 cm³/mol. The maximum atomic E-state index is 12.6. The number of ether oxygens (including phenoxy) is 3. The van der Waals surface area contributed by atoms with Gasteiger partial charge in [0.2, 0.25) is 11.7 Å². The molecule has 0 spiro atoms. The molecule has 2 aromatic rings. The molecule has 3 rings (SSSR count). The van der Waals surface area contributed by atoms with Crippen molar-refractivity contribution in [1.82, 2.24) is 0 Å². The van der Waals surface area contributed by atoms with Crippen LogP contribution in [0.2, 0.25) is 0 Å². The van der Waals surface area contributed by atoms with Crippen LogP contribution in [0.1, 0.15) is 10.9 Å². The third-order valence-corrected chi connectivity index (χ3v) is 5.69. The van der Waals surface area contributed by atoms with Gasteiger partial charge >= 0.3 is 0 Å². The summed E-state index contributed by atoms with van der Waals surface area (Å²) in [6, 6.07) is 11.6. The Hall–Kier alpha value is -1.86. The highest BCUT2D eigenvalue weighted by Gasteiger charge is 2.35. The summed E-state index contributed by atoms with van der Waals surface area (Å²) in [5, 5.41) is -0.0941. The Balaban J connectivity index is 2.06. The van der Waals surface area contributed by atoms with Crippen molar-refractivity contribution >= 4 is 39.3 Å². The molecule has 1 aliphatic heterocycles. The number of rotatable bonds is 5. The summed E-state index contributed by atoms with van der Waals surface area (Å²) in [5.41, 5.74) is 1.78. The van der Waals surface area contributed by atoms with Crippen molar-refractivity contribution in [2.45, 2.75) is 5.37 Å². The lowest BCUT2D eigenvalue weighted by Gasteiger charge is -2.26. The molecule has 1 heterocycles. The summed E-state index contributed by atoms with van der Waals surface area (Å²) in [7, 11) is 4.68. The molecular weight excluding hydrogens is 406 g/mol. The highest BCUT2D eigenvalue weighted by Crippen LogP contribution is 2.47. The van der Waals surface area contributed by atoms with Crippen LogP contribution < -0.4 is 19.1 Å². The molecule has 1 unspecified atom stereocenters. The number of anilines is 1. The van der Waals surface area contributed by atoms with E-state index in [9.17, 15) is 4.79 Å². The summed E-state index contributed by atoms with van der Waals surface area (Å²) in [6.45, 7) is 0. The quantitative estimate of drug-likeness (QED) is 0.718. The molecule has 7 heteroatoms. The zero-order chi connectivity index (χ0) is 18.0. The van der Waals surface area contributed by atoms with Crippen molar-refractivity contribution in [3.8, 4) is 17.2 Å². The number of thioether (sulfide) groups is 1. The molecule has 1 atom stereocenters. The van der Waals surface area contributed by atoms with E-state index in [-0.39, 0.29) is 11.3 Å². The van der Waals surface area contributed by atoms with Crippen molar-refractivity contribution in [1.29, 1.82) is 0 Å². The fourth-order valence-corrected chi connectivity index (χ4v) is 4.23. The van der Waals surface area contributed by atoms with Crippen molar-refractivity contribution in [3.63, 3.8) is 0 Å². The van der Waals surface area contributed by atoms with E-state index in [4.69, 9.17) is 14.2 Å². The number of hydrogen-bond donors (Lipinski definition) is 0. The number of halogens is 1. The molecule has 1 fully saturated rings. The first-order chi connectivity index (χ1) is 12.1. The molecule has 25 heavy (non-hydrogen) atoms. The van der Waals surface area contributed by atoms with Gasteiger partial charge in [0.1, 0.15) is 5.37 Å². The van der Waals surface area contributed by atoms with Crippen molar-refractivity contribution < 1.29 is 19.0 Å². The van der Waals surface area contributed by atoms with Gasteiger partial charge in [-0.25, -0.2) is 0 Å². The number of amides is 1. The summed E-state index contributed by atoms with van der Waals surface area (Å²) in [5.74, 6) is 2.03. The minimum absolute atomic E-state index is 0.0483. The topological polar surface area (TPSA) is 48.0 Å². The van der Waals surface area contributed by atoms with Crippen LogP contribution in [0.25, 0.3) is 0 Å². The van der Waals surface area contributed by atoms with Gasteiger partial charge in [0.15, 0.2) is 11.5 Å². The second-order valence-corrected chi connectivity index (χ2v) is 7.35. The van der Waals surface area contributed by atoms with Crippen LogP contribution in [0, 0.1) is 0 Å². The third-order valence-electron chi connectivity index (χ3n) is 3.95. The SMILES string of the molecule is COc1cc(N2C(=O)CSC2c2ccc(Br)cc2)cc(OC)c1OC. The Labute approximate surface area is 159 Å². The van der Waals surface area contributed by atoms with Crippen LogP contribution in [-0.4, -0.2) is 33.0 Å². The van der Waals surface area contributed by atoms with E-state index in [1.807, 2.05) is 24.3 Å². The molecule has 1 amide bonds. The van der Waals surface area contributed by atoms with Crippen LogP contribution in [0.5, 0.6) is 17.2 Å². The number of hydrogen-bond acceptors (Lipinski definition) is 5. The first-order valence-electron chi connectivity index (χ1n) is 7.58. The monoisotopic (exact) mass is 423 g/mol. The standard InChI is InChI=1S/C18H18BrNO4S/c1-22-14-8-13(9-15(23-2)17(14)24-3)20-16(21)10-25-18(20)11-4-6-12(19)7-5-11/h4-9,18H,10H2,1-3H3. The van der Waals surface area contributed by atoms with E-state index in [2.05, 4.69) is 15.9 Å². The minimum atomic E-state index is -0.0941. The molecule has 2 aromatic carbocycles. The van der Waals surface area contributed by atoms with Gasteiger partial charge < -0.3 is 14.2 Å². The molecule has 1 saturated heterocycles. The largest absolute Gasteiger partial charge is 0.493 e. The van der Waals surface area contributed by atoms with Crippen molar-refractivity contribution in [2.75, 3.05) is 32.0 Å². The van der Waals surface area contributed by atoms with Gasteiger partial charge in [0.25, 0.3) is 0 Å². The van der Waals surface area contributed by atoms with Gasteiger partial charge in [-0.1, -0.05) is 28.1 Å². The Kier molecular flexibility index (Phi) is 5.44. The zero-order valence-electron chi connectivity index (χ0n) is 14.1. The predicted octanol–water partition coefficient (Wildman–Crippen LogP) is 4.25. The number of methoxy groups -OCH3 is 3. The average molecular weight is 424 g/mol. The zero-order valence-corrected chi connectivity index (χ0v) is 16.5. The second-order valence-electron chi connectivity index (χ2n) is 5.36. The molecular formula is C18H18BrNO4S. The second kappa shape index (κ2) is 7.58. The van der Waals surface area contributed by atoms with Crippen molar-refractivity contribution in [2.24, 2.45) is 0 Å². The number of nitrogens with zero attached hydrogens (tertiary/aromatic N) is 1. The third kappa shape index (κ3) is 3.43. The lowest BCUT2D eigenvalue weighted by Crippen LogP contribution is -2.27. The Morgan fingerprint density at radius 1 is 1.04 bits per heavy atom. The highest BCUT2D eigenvalue weighted by molar-refractivity contribution is 9.10. The van der Waals surface area contributed by atoms with Crippen molar-refractivity contribution in [3.05, 3.63) is 46.4 Å². The molecule has 0 N–H and O–H groups in total. The molecule has 1 aliphatic rings. The van der Waals surface area contributed by atoms with Gasteiger partial charge in [-0.05, 0) is 17.7 Å². The van der Waals surface area contributed by atoms with Crippen LogP contribution in [0.15, 0.2) is 40.9 Å². The fourth-order valence-electron chi connectivity index (χ4n) is 2.78. The number of benzene rings is 2. The van der Waals surface area contributed by atoms with E-state index in [1.165, 1.54) is 0 Å². The Morgan fingerprint density at radius 2 is 1.64 bits per heavy atom. The van der Waals surface area contributed by atoms with Crippen LogP contribution in [-0.2, 0) is 4.79 Å². The number of carbonyl (C=O) groups excluding carboxylic acids is 1. The smallest absolute Gasteiger partial charge is 0.238 e. The van der Waals surface area contributed by atoms with Crippen LogP contribution in [0.4, 0.5) is 5.69 Å². The summed E-state index contributed by atoms with van der Waals surface area (Å²) < 4.78 is 17.2. The lowest BCUT2D eigenvalue weighted by molar-refractivity contribution is -0.115. The Morgan fingerprint density at radius 3 is 2.16 bits per heavy atom. The molecule has 132 valence electrons. The van der Waals surface area contributed by atoms with E-state index in [1.54, 1.807) is 50.1 Å². The van der Waals surface area contributed by atoms with E-state index < -0.39 is 0 Å². The van der Waals surface area contributed by atoms with Crippen LogP contribution in [0.3, 0.4) is 0 Å². The van der Waals surface area contributed by atoms with Gasteiger partial charge in [-0.2, -0.15) is 0 Å². The molecule has 0 radical (unpaired) electrons. The maximum absolute atomic E-state index is 12.6. The first-order valence-corrected chi connectivity index (χ1v) is 9.42. The highest BCUT2D eigenvalue weighted by atomic mass is 79.9. The minimum Gasteiger partial charge on any atom is -0.493 e. The first kappa shape index (κ1) is 17.9. The van der Waals surface area contributed by atoms with Gasteiger partial charge in [-0.15, -0.1) is 11.8 Å². The molecule has 0 aromatic heterocycles. The fraction of sp³-hybridized carbons (Fsp3) is 0.278. The summed E-state index contributed by atoms with van der Waals surface area (Å²) in [4.78, 5) is 14.3. The van der Waals surface area contributed by atoms with Gasteiger partial charge in [0, 0.05) is 16.6 Å². The van der Waals surface area contributed by atoms with E-state index in [0.29, 0.717) is 23.0 Å². The average Bonchev–Trinajstić information content (AvgIpc) is 3.02. The Bertz CT molecular complexity index is 756. The number of carbonyl (C=O) groups is 1. The molecule has 0 aliphatic carbocycles. The van der Waals surface area contributed by atoms with E-state index >= 15 is 0 Å². The molecule has 0 saturated carbocycles. The van der Waals surface area contributed by atoms with E-state index in [0.717, 1.165) is 15.7 Å². The lowest BCUT2D eigenvalue weighted by atomic mass is 10.1. The summed E-state index contributed by atoms with van der Waals surface area (Å²) >= 11 is 5.04. The normalized spacial score (nSPS) is 16.9. The molecule has 5 nitrogen and oxygen atoms in total.